The van der Waals surface area contributed by atoms with E-state index >= 15 is 0 Å². The summed E-state index contributed by atoms with van der Waals surface area (Å²) in [5, 5.41) is 1.74. The quantitative estimate of drug-likeness (QED) is 0.157. The summed E-state index contributed by atoms with van der Waals surface area (Å²) in [6.45, 7) is 7.82. The molecule has 7 nitrogen and oxygen atoms in total. The molecule has 3 aromatic rings. The number of hydrogen-bond acceptors (Lipinski definition) is 6. The highest BCUT2D eigenvalue weighted by atomic mass is 16.5. The Morgan fingerprint density at radius 1 is 0.650 bits per heavy atom. The van der Waals surface area contributed by atoms with E-state index in [4.69, 9.17) is 4.74 Å². The Hall–Kier alpha value is -3.55. The standard InChI is InChI=1S/C33H39N3O4/c37-25-26-13-15-28(16-14-26)40-24-6-2-4-18-35-22-20-34(21-23-35)17-3-1-5-19-36-32(38)29-11-7-9-27-10-8-12-30(31(27)29)33(36)39/h7-16,25H,1-6,17-24H2. The van der Waals surface area contributed by atoms with E-state index in [0.717, 1.165) is 94.2 Å². The maximum Gasteiger partial charge on any atom is 0.261 e. The van der Waals surface area contributed by atoms with Crippen molar-refractivity contribution in [2.75, 3.05) is 52.4 Å². The van der Waals surface area contributed by atoms with Crippen molar-refractivity contribution in [1.29, 1.82) is 0 Å². The zero-order valence-corrected chi connectivity index (χ0v) is 23.2. The van der Waals surface area contributed by atoms with E-state index in [1.165, 1.54) is 11.3 Å². The predicted octanol–water partition coefficient (Wildman–Crippen LogP) is 5.29. The molecular formula is C33H39N3O4. The number of carbonyl (C=O) groups is 3. The van der Waals surface area contributed by atoms with Gasteiger partial charge in [-0.1, -0.05) is 30.7 Å². The van der Waals surface area contributed by atoms with Gasteiger partial charge >= 0.3 is 0 Å². The van der Waals surface area contributed by atoms with Crippen LogP contribution in [0.3, 0.4) is 0 Å². The van der Waals surface area contributed by atoms with Gasteiger partial charge < -0.3 is 14.5 Å². The molecule has 0 atom stereocenters. The molecule has 3 aromatic carbocycles. The molecule has 0 saturated carbocycles. The molecule has 0 spiro atoms. The molecule has 0 N–H and O–H groups in total. The minimum Gasteiger partial charge on any atom is -0.494 e. The van der Waals surface area contributed by atoms with Crippen LogP contribution in [0.15, 0.2) is 60.7 Å². The van der Waals surface area contributed by atoms with Crippen molar-refractivity contribution in [2.24, 2.45) is 0 Å². The van der Waals surface area contributed by atoms with Gasteiger partial charge in [-0.15, -0.1) is 0 Å². The van der Waals surface area contributed by atoms with Crippen LogP contribution in [0.5, 0.6) is 5.75 Å². The van der Waals surface area contributed by atoms with E-state index in [2.05, 4.69) is 9.80 Å². The zero-order valence-electron chi connectivity index (χ0n) is 23.2. The van der Waals surface area contributed by atoms with E-state index < -0.39 is 0 Å². The number of ether oxygens (including phenoxy) is 1. The number of rotatable bonds is 14. The molecule has 2 heterocycles. The molecule has 0 bridgehead atoms. The number of imide groups is 1. The van der Waals surface area contributed by atoms with Gasteiger partial charge in [0.25, 0.3) is 11.8 Å². The summed E-state index contributed by atoms with van der Waals surface area (Å²) < 4.78 is 5.76. The average molecular weight is 542 g/mol. The number of unbranched alkanes of at least 4 members (excludes halogenated alkanes) is 4. The summed E-state index contributed by atoms with van der Waals surface area (Å²) in [6, 6.07) is 18.6. The Balaban J connectivity index is 0.922. The normalized spacial score (nSPS) is 16.1. The number of nitrogens with zero attached hydrogens (tertiary/aromatic N) is 3. The summed E-state index contributed by atoms with van der Waals surface area (Å²) in [5.41, 5.74) is 1.95. The smallest absolute Gasteiger partial charge is 0.261 e. The van der Waals surface area contributed by atoms with Crippen molar-refractivity contribution in [3.63, 3.8) is 0 Å². The second-order valence-corrected chi connectivity index (χ2v) is 10.8. The van der Waals surface area contributed by atoms with Crippen molar-refractivity contribution in [3.8, 4) is 5.75 Å². The lowest BCUT2D eigenvalue weighted by Crippen LogP contribution is -2.46. The molecule has 0 unspecified atom stereocenters. The first-order chi connectivity index (χ1) is 19.6. The Kier molecular flexibility index (Phi) is 9.58. The fourth-order valence-corrected chi connectivity index (χ4v) is 5.75. The van der Waals surface area contributed by atoms with Crippen LogP contribution < -0.4 is 4.74 Å². The number of piperazine rings is 1. The number of carbonyl (C=O) groups excluding carboxylic acids is 3. The van der Waals surface area contributed by atoms with Crippen LogP contribution in [-0.2, 0) is 0 Å². The van der Waals surface area contributed by atoms with Crippen molar-refractivity contribution >= 4 is 28.9 Å². The van der Waals surface area contributed by atoms with E-state index in [-0.39, 0.29) is 11.8 Å². The second-order valence-electron chi connectivity index (χ2n) is 10.8. The Labute approximate surface area is 236 Å². The van der Waals surface area contributed by atoms with Crippen molar-refractivity contribution in [2.45, 2.75) is 38.5 Å². The molecule has 1 fully saturated rings. The number of hydrogen-bond donors (Lipinski definition) is 0. The first-order valence-corrected chi connectivity index (χ1v) is 14.6. The lowest BCUT2D eigenvalue weighted by molar-refractivity contribution is 0.0606. The van der Waals surface area contributed by atoms with Crippen LogP contribution in [0.1, 0.15) is 69.6 Å². The number of benzene rings is 3. The molecule has 5 rings (SSSR count). The van der Waals surface area contributed by atoms with Gasteiger partial charge in [0.05, 0.1) is 6.61 Å². The minimum absolute atomic E-state index is 0.164. The summed E-state index contributed by atoms with van der Waals surface area (Å²) in [7, 11) is 0. The molecule has 2 aliphatic rings. The van der Waals surface area contributed by atoms with E-state index in [1.807, 2.05) is 48.5 Å². The monoisotopic (exact) mass is 541 g/mol. The van der Waals surface area contributed by atoms with Gasteiger partial charge in [-0.05, 0) is 87.0 Å². The summed E-state index contributed by atoms with van der Waals surface area (Å²) in [6.07, 6.45) is 7.13. The number of amides is 2. The Morgan fingerprint density at radius 2 is 1.20 bits per heavy atom. The maximum absolute atomic E-state index is 13.0. The molecule has 0 aromatic heterocycles. The first-order valence-electron chi connectivity index (χ1n) is 14.6. The van der Waals surface area contributed by atoms with Crippen LogP contribution in [0.4, 0.5) is 0 Å². The van der Waals surface area contributed by atoms with Crippen molar-refractivity contribution in [1.82, 2.24) is 14.7 Å². The van der Waals surface area contributed by atoms with Gasteiger partial charge in [-0.2, -0.15) is 0 Å². The van der Waals surface area contributed by atoms with Crippen molar-refractivity contribution in [3.05, 3.63) is 77.4 Å². The van der Waals surface area contributed by atoms with Gasteiger partial charge in [0.2, 0.25) is 0 Å². The van der Waals surface area contributed by atoms with Crippen LogP contribution in [0.25, 0.3) is 10.8 Å². The van der Waals surface area contributed by atoms with Gasteiger partial charge in [0, 0.05) is 54.8 Å². The van der Waals surface area contributed by atoms with Crippen LogP contribution in [0, 0.1) is 0 Å². The van der Waals surface area contributed by atoms with Gasteiger partial charge in [0.15, 0.2) is 0 Å². The van der Waals surface area contributed by atoms with E-state index in [9.17, 15) is 14.4 Å². The minimum atomic E-state index is -0.164. The molecule has 0 aliphatic carbocycles. The first kappa shape index (κ1) is 28.0. The molecule has 7 heteroatoms. The molecule has 2 aliphatic heterocycles. The lowest BCUT2D eigenvalue weighted by atomic mass is 9.94. The van der Waals surface area contributed by atoms with Gasteiger partial charge in [-0.3, -0.25) is 19.3 Å². The largest absolute Gasteiger partial charge is 0.494 e. The highest BCUT2D eigenvalue weighted by molar-refractivity contribution is 6.25. The topological polar surface area (TPSA) is 70.2 Å². The third kappa shape index (κ3) is 6.77. The van der Waals surface area contributed by atoms with Gasteiger partial charge in [-0.25, -0.2) is 0 Å². The Bertz CT molecular complexity index is 1260. The fraction of sp³-hybridized carbons (Fsp3) is 0.424. The van der Waals surface area contributed by atoms with Crippen LogP contribution >= 0.6 is 0 Å². The van der Waals surface area contributed by atoms with E-state index in [0.29, 0.717) is 29.8 Å². The van der Waals surface area contributed by atoms with Crippen LogP contribution in [-0.4, -0.2) is 85.2 Å². The Morgan fingerprint density at radius 3 is 1.77 bits per heavy atom. The SMILES string of the molecule is O=Cc1ccc(OCCCCCN2CCN(CCCCCN3C(=O)c4cccc5cccc(c45)C3=O)CC2)cc1. The third-order valence-electron chi connectivity index (χ3n) is 8.08. The predicted molar refractivity (Wildman–Crippen MR) is 157 cm³/mol. The molecule has 0 radical (unpaired) electrons. The average Bonchev–Trinajstić information content (AvgIpc) is 3.00. The highest BCUT2D eigenvalue weighted by Gasteiger charge is 2.32. The van der Waals surface area contributed by atoms with Crippen molar-refractivity contribution < 1.29 is 19.1 Å². The summed E-state index contributed by atoms with van der Waals surface area (Å²) in [5.74, 6) is 0.491. The van der Waals surface area contributed by atoms with E-state index in [1.54, 1.807) is 12.1 Å². The van der Waals surface area contributed by atoms with Crippen LogP contribution in [0.2, 0.25) is 0 Å². The summed E-state index contributed by atoms with van der Waals surface area (Å²) in [4.78, 5) is 43.3. The van der Waals surface area contributed by atoms with Gasteiger partial charge in [0.1, 0.15) is 12.0 Å². The fourth-order valence-electron chi connectivity index (χ4n) is 5.75. The second kappa shape index (κ2) is 13.7. The molecule has 2 amide bonds. The maximum atomic E-state index is 13.0. The number of aldehydes is 1. The zero-order chi connectivity index (χ0) is 27.7. The summed E-state index contributed by atoms with van der Waals surface area (Å²) >= 11 is 0. The molecule has 210 valence electrons. The molecular weight excluding hydrogens is 502 g/mol. The highest BCUT2D eigenvalue weighted by Crippen LogP contribution is 2.30. The molecule has 1 saturated heterocycles. The lowest BCUT2D eigenvalue weighted by Gasteiger charge is -2.34. The molecule has 40 heavy (non-hydrogen) atoms. The third-order valence-corrected chi connectivity index (χ3v) is 8.08.